The van der Waals surface area contributed by atoms with Crippen molar-refractivity contribution in [3.05, 3.63) is 45.1 Å². The SMILES string of the molecule is O=[N+]([O-])c1cc(C(F)(F)F)ccc1SC1=NC2=NC3=C(CCCC3Cl)CN2N1. The number of allylic oxidation sites excluding steroid dienone is 1. The fraction of sp³-hybridized carbons (Fsp3) is 0.375. The minimum Gasteiger partial charge on any atom is -0.273 e. The molecule has 0 saturated heterocycles. The second-order valence-corrected chi connectivity index (χ2v) is 7.97. The Kier molecular flexibility index (Phi) is 4.74. The average Bonchev–Trinajstić information content (AvgIpc) is 3.01. The third-order valence-corrected chi connectivity index (χ3v) is 5.89. The van der Waals surface area contributed by atoms with Gasteiger partial charge in [-0.2, -0.15) is 18.2 Å². The molecule has 7 nitrogen and oxygen atoms in total. The van der Waals surface area contributed by atoms with Gasteiger partial charge in [0.1, 0.15) is 0 Å². The Labute approximate surface area is 166 Å². The van der Waals surface area contributed by atoms with E-state index in [2.05, 4.69) is 15.4 Å². The van der Waals surface area contributed by atoms with Crippen LogP contribution in [0.2, 0.25) is 0 Å². The highest BCUT2D eigenvalue weighted by atomic mass is 35.5. The first kappa shape index (κ1) is 19.1. The molecule has 1 N–H and O–H groups in total. The lowest BCUT2D eigenvalue weighted by atomic mass is 9.95. The van der Waals surface area contributed by atoms with Gasteiger partial charge in [0.2, 0.25) is 5.96 Å². The fourth-order valence-corrected chi connectivity index (χ4v) is 4.42. The van der Waals surface area contributed by atoms with Crippen LogP contribution in [0.25, 0.3) is 0 Å². The van der Waals surface area contributed by atoms with E-state index in [1.807, 2.05) is 0 Å². The molecule has 1 atom stereocenters. The number of alkyl halides is 4. The molecule has 0 radical (unpaired) electrons. The van der Waals surface area contributed by atoms with Crippen LogP contribution in [0.15, 0.2) is 44.3 Å². The van der Waals surface area contributed by atoms with Crippen LogP contribution in [0, 0.1) is 10.1 Å². The summed E-state index contributed by atoms with van der Waals surface area (Å²) in [6.45, 7) is 0.542. The molecule has 2 aliphatic heterocycles. The number of halogens is 4. The van der Waals surface area contributed by atoms with E-state index in [0.29, 0.717) is 23.7 Å². The van der Waals surface area contributed by atoms with E-state index in [1.54, 1.807) is 5.01 Å². The summed E-state index contributed by atoms with van der Waals surface area (Å²) in [5.41, 5.74) is 3.22. The summed E-state index contributed by atoms with van der Waals surface area (Å²) in [7, 11) is 0. The van der Waals surface area contributed by atoms with Crippen molar-refractivity contribution in [1.82, 2.24) is 10.4 Å². The van der Waals surface area contributed by atoms with Crippen molar-refractivity contribution >= 4 is 40.2 Å². The maximum Gasteiger partial charge on any atom is 0.416 e. The van der Waals surface area contributed by atoms with Gasteiger partial charge in [-0.15, -0.1) is 11.6 Å². The molecule has 1 aliphatic carbocycles. The zero-order valence-corrected chi connectivity index (χ0v) is 15.7. The molecule has 12 heteroatoms. The summed E-state index contributed by atoms with van der Waals surface area (Å²) in [6.07, 6.45) is -1.95. The first-order valence-electron chi connectivity index (χ1n) is 8.33. The van der Waals surface area contributed by atoms with E-state index in [9.17, 15) is 23.3 Å². The molecule has 1 unspecified atom stereocenters. The number of hydrogen-bond acceptors (Lipinski definition) is 7. The summed E-state index contributed by atoms with van der Waals surface area (Å²) in [5, 5.41) is 13.1. The molecule has 0 amide bonds. The lowest BCUT2D eigenvalue weighted by Crippen LogP contribution is -2.42. The first-order valence-corrected chi connectivity index (χ1v) is 9.59. The molecule has 28 heavy (non-hydrogen) atoms. The Morgan fingerprint density at radius 3 is 2.86 bits per heavy atom. The van der Waals surface area contributed by atoms with Crippen LogP contribution in [0.1, 0.15) is 24.8 Å². The molecule has 0 bridgehead atoms. The molecule has 0 aromatic heterocycles. The van der Waals surface area contributed by atoms with Gasteiger partial charge in [0.05, 0.1) is 33.0 Å². The molecular formula is C16H13ClF3N5O2S. The van der Waals surface area contributed by atoms with Crippen LogP contribution in [0.3, 0.4) is 0 Å². The number of thioether (sulfide) groups is 1. The number of aliphatic imine (C=N–C) groups is 2. The summed E-state index contributed by atoms with van der Waals surface area (Å²) in [6, 6.07) is 2.42. The van der Waals surface area contributed by atoms with Gasteiger partial charge in [-0.25, -0.2) is 10.0 Å². The van der Waals surface area contributed by atoms with Crippen LogP contribution in [-0.4, -0.2) is 33.0 Å². The minimum atomic E-state index is -4.66. The highest BCUT2D eigenvalue weighted by molar-refractivity contribution is 8.14. The standard InChI is InChI=1S/C16H13ClF3N5O2S/c17-10-3-1-2-8-7-24-14(21-13(8)10)22-15(23-24)28-12-5-4-9(16(18,19)20)6-11(12)25(26)27/h4-6,10H,1-3,7H2,(H,21,22,23). The van der Waals surface area contributed by atoms with Gasteiger partial charge < -0.3 is 0 Å². The number of amidine groups is 1. The van der Waals surface area contributed by atoms with Crippen LogP contribution >= 0.6 is 23.4 Å². The number of nitrogens with zero attached hydrogens (tertiary/aromatic N) is 4. The van der Waals surface area contributed by atoms with Crippen LogP contribution in [0.5, 0.6) is 0 Å². The zero-order valence-electron chi connectivity index (χ0n) is 14.2. The molecule has 3 aliphatic rings. The van der Waals surface area contributed by atoms with Gasteiger partial charge in [-0.3, -0.25) is 15.5 Å². The van der Waals surface area contributed by atoms with E-state index in [0.717, 1.165) is 54.4 Å². The van der Waals surface area contributed by atoms with Crippen LogP contribution < -0.4 is 5.43 Å². The van der Waals surface area contributed by atoms with Crippen LogP contribution in [0.4, 0.5) is 18.9 Å². The molecule has 0 fully saturated rings. The normalized spacial score (nSPS) is 21.6. The third kappa shape index (κ3) is 3.55. The summed E-state index contributed by atoms with van der Waals surface area (Å²) < 4.78 is 38.5. The van der Waals surface area contributed by atoms with E-state index >= 15 is 0 Å². The minimum absolute atomic E-state index is 0.0534. The van der Waals surface area contributed by atoms with Crippen molar-refractivity contribution < 1.29 is 18.1 Å². The number of hydrazine groups is 1. The van der Waals surface area contributed by atoms with Crippen molar-refractivity contribution in [3.63, 3.8) is 0 Å². The maximum atomic E-state index is 12.8. The maximum absolute atomic E-state index is 12.8. The van der Waals surface area contributed by atoms with Gasteiger partial charge in [0, 0.05) is 6.07 Å². The number of nitrogens with one attached hydrogen (secondary N) is 1. The van der Waals surface area contributed by atoms with Crippen molar-refractivity contribution in [2.24, 2.45) is 9.98 Å². The largest absolute Gasteiger partial charge is 0.416 e. The number of nitro groups is 1. The number of rotatable bonds is 2. The second-order valence-electron chi connectivity index (χ2n) is 6.41. The Hall–Kier alpha value is -2.27. The lowest BCUT2D eigenvalue weighted by molar-refractivity contribution is -0.388. The molecule has 1 aromatic rings. The third-order valence-electron chi connectivity index (χ3n) is 4.53. The lowest BCUT2D eigenvalue weighted by Gasteiger charge is -2.30. The van der Waals surface area contributed by atoms with E-state index in [4.69, 9.17) is 11.6 Å². The molecule has 2 heterocycles. The number of nitro benzene ring substituents is 1. The van der Waals surface area contributed by atoms with Gasteiger partial charge >= 0.3 is 6.18 Å². The highest BCUT2D eigenvalue weighted by Gasteiger charge is 2.35. The highest BCUT2D eigenvalue weighted by Crippen LogP contribution is 2.38. The van der Waals surface area contributed by atoms with Gasteiger partial charge in [-0.1, -0.05) is 0 Å². The van der Waals surface area contributed by atoms with Crippen LogP contribution in [-0.2, 0) is 6.18 Å². The predicted octanol–water partition coefficient (Wildman–Crippen LogP) is 4.30. The molecule has 0 saturated carbocycles. The predicted molar refractivity (Wildman–Crippen MR) is 99.2 cm³/mol. The van der Waals surface area contributed by atoms with Crippen molar-refractivity contribution in [1.29, 1.82) is 0 Å². The second kappa shape index (κ2) is 6.96. The Morgan fingerprint density at radius 2 is 2.14 bits per heavy atom. The Morgan fingerprint density at radius 1 is 1.36 bits per heavy atom. The molecule has 1 aromatic carbocycles. The monoisotopic (exact) mass is 431 g/mol. The summed E-state index contributed by atoms with van der Waals surface area (Å²) >= 11 is 7.21. The quantitative estimate of drug-likeness (QED) is 0.429. The van der Waals surface area contributed by atoms with Gasteiger partial charge in [0.25, 0.3) is 5.69 Å². The number of benzene rings is 1. The molecule has 0 spiro atoms. The topological polar surface area (TPSA) is 83.1 Å². The number of fused-ring (bicyclic) bond motifs is 1. The average molecular weight is 432 g/mol. The Balaban J connectivity index is 1.60. The van der Waals surface area contributed by atoms with Crippen molar-refractivity contribution in [2.45, 2.75) is 35.7 Å². The molecule has 4 rings (SSSR count). The fourth-order valence-electron chi connectivity index (χ4n) is 3.20. The van der Waals surface area contributed by atoms with E-state index in [1.165, 1.54) is 0 Å². The zero-order chi connectivity index (χ0) is 20.1. The summed E-state index contributed by atoms with van der Waals surface area (Å²) in [5.74, 6) is 0.392. The number of guanidine groups is 1. The van der Waals surface area contributed by atoms with Gasteiger partial charge in [0.15, 0.2) is 5.17 Å². The van der Waals surface area contributed by atoms with E-state index < -0.39 is 22.4 Å². The Bertz CT molecular complexity index is 947. The van der Waals surface area contributed by atoms with Gasteiger partial charge in [-0.05, 0) is 48.7 Å². The van der Waals surface area contributed by atoms with Crippen molar-refractivity contribution in [2.75, 3.05) is 6.54 Å². The molecule has 148 valence electrons. The summed E-state index contributed by atoms with van der Waals surface area (Å²) in [4.78, 5) is 19.3. The first-order chi connectivity index (χ1) is 13.2. The molecular weight excluding hydrogens is 419 g/mol. The van der Waals surface area contributed by atoms with E-state index in [-0.39, 0.29) is 10.3 Å². The number of hydrogen-bond donors (Lipinski definition) is 1. The van der Waals surface area contributed by atoms with Crippen molar-refractivity contribution in [3.8, 4) is 0 Å². The smallest absolute Gasteiger partial charge is 0.273 e.